The van der Waals surface area contributed by atoms with Gasteiger partial charge in [-0.1, -0.05) is 46.3 Å². The summed E-state index contributed by atoms with van der Waals surface area (Å²) in [5.74, 6) is -0.363. The SMILES string of the molecule is CC(NC(=O)c1cc(NC(=O)c2ccc(Br)cc2)ccc1N1CCCC1)c1ccccc1. The molecule has 0 bridgehead atoms. The normalized spacial score (nSPS) is 14.1. The minimum atomic E-state index is -0.213. The predicted octanol–water partition coefficient (Wildman–Crippen LogP) is 5.79. The quantitative estimate of drug-likeness (QED) is 0.458. The zero-order chi connectivity index (χ0) is 22.5. The van der Waals surface area contributed by atoms with Crippen molar-refractivity contribution in [2.24, 2.45) is 0 Å². The van der Waals surface area contributed by atoms with E-state index >= 15 is 0 Å². The average Bonchev–Trinajstić information content (AvgIpc) is 3.35. The molecule has 32 heavy (non-hydrogen) atoms. The number of nitrogens with one attached hydrogen (secondary N) is 2. The summed E-state index contributed by atoms with van der Waals surface area (Å²) < 4.78 is 0.913. The minimum absolute atomic E-state index is 0.129. The van der Waals surface area contributed by atoms with Crippen molar-refractivity contribution in [2.75, 3.05) is 23.3 Å². The zero-order valence-corrected chi connectivity index (χ0v) is 19.6. The molecule has 164 valence electrons. The summed E-state index contributed by atoms with van der Waals surface area (Å²) in [6, 6.07) is 22.5. The Balaban J connectivity index is 1.58. The number of anilines is 2. The van der Waals surface area contributed by atoms with Gasteiger partial charge in [0.1, 0.15) is 0 Å². The maximum absolute atomic E-state index is 13.3. The summed E-state index contributed by atoms with van der Waals surface area (Å²) in [6.07, 6.45) is 2.23. The third-order valence-corrected chi connectivity index (χ3v) is 6.23. The molecule has 1 aliphatic rings. The van der Waals surface area contributed by atoms with Crippen LogP contribution in [-0.4, -0.2) is 24.9 Å². The van der Waals surface area contributed by atoms with Gasteiger partial charge in [0.2, 0.25) is 0 Å². The van der Waals surface area contributed by atoms with Gasteiger partial charge in [-0.25, -0.2) is 0 Å². The van der Waals surface area contributed by atoms with E-state index < -0.39 is 0 Å². The molecule has 1 aliphatic heterocycles. The molecule has 0 saturated carbocycles. The van der Waals surface area contributed by atoms with Crippen LogP contribution in [0, 0.1) is 0 Å². The largest absolute Gasteiger partial charge is 0.371 e. The molecule has 1 unspecified atom stereocenters. The van der Waals surface area contributed by atoms with Crippen molar-refractivity contribution in [3.05, 3.63) is 94.0 Å². The maximum atomic E-state index is 13.3. The van der Waals surface area contributed by atoms with Gasteiger partial charge in [0.25, 0.3) is 11.8 Å². The number of carbonyl (C=O) groups excluding carboxylic acids is 2. The third kappa shape index (κ3) is 5.19. The van der Waals surface area contributed by atoms with Gasteiger partial charge in [-0.05, 0) is 67.8 Å². The maximum Gasteiger partial charge on any atom is 0.255 e. The fourth-order valence-corrected chi connectivity index (χ4v) is 4.20. The summed E-state index contributed by atoms with van der Waals surface area (Å²) in [5.41, 5.74) is 3.67. The molecule has 0 aromatic heterocycles. The molecular weight excluding hydrogens is 466 g/mol. The van der Waals surface area contributed by atoms with Crippen LogP contribution in [0.5, 0.6) is 0 Å². The van der Waals surface area contributed by atoms with Crippen LogP contribution in [0.25, 0.3) is 0 Å². The lowest BCUT2D eigenvalue weighted by Crippen LogP contribution is -2.29. The second-order valence-electron chi connectivity index (χ2n) is 7.99. The summed E-state index contributed by atoms with van der Waals surface area (Å²) in [4.78, 5) is 28.2. The Morgan fingerprint density at radius 1 is 0.906 bits per heavy atom. The Morgan fingerprint density at radius 2 is 1.59 bits per heavy atom. The van der Waals surface area contributed by atoms with Gasteiger partial charge in [-0.2, -0.15) is 0 Å². The Labute approximate surface area is 197 Å². The van der Waals surface area contributed by atoms with E-state index in [1.54, 1.807) is 18.2 Å². The van der Waals surface area contributed by atoms with E-state index in [0.29, 0.717) is 16.8 Å². The minimum Gasteiger partial charge on any atom is -0.371 e. The molecule has 4 rings (SSSR count). The smallest absolute Gasteiger partial charge is 0.255 e. The molecule has 1 heterocycles. The van der Waals surface area contributed by atoms with Crippen LogP contribution >= 0.6 is 15.9 Å². The highest BCUT2D eigenvalue weighted by molar-refractivity contribution is 9.10. The topological polar surface area (TPSA) is 61.4 Å². The van der Waals surface area contributed by atoms with E-state index in [1.165, 1.54) is 0 Å². The Morgan fingerprint density at radius 3 is 2.28 bits per heavy atom. The lowest BCUT2D eigenvalue weighted by Gasteiger charge is -2.23. The van der Waals surface area contributed by atoms with Crippen LogP contribution in [0.1, 0.15) is 52.1 Å². The summed E-state index contributed by atoms with van der Waals surface area (Å²) >= 11 is 3.38. The van der Waals surface area contributed by atoms with E-state index in [2.05, 4.69) is 31.5 Å². The van der Waals surface area contributed by atoms with Crippen molar-refractivity contribution in [3.63, 3.8) is 0 Å². The van der Waals surface area contributed by atoms with Crippen LogP contribution in [-0.2, 0) is 0 Å². The summed E-state index contributed by atoms with van der Waals surface area (Å²) in [5, 5.41) is 6.03. The van der Waals surface area contributed by atoms with Gasteiger partial charge in [-0.15, -0.1) is 0 Å². The molecule has 1 fully saturated rings. The standard InChI is InChI=1S/C26H26BrN3O2/c1-18(19-7-3-2-4-8-19)28-26(32)23-17-22(13-14-24(23)30-15-5-6-16-30)29-25(31)20-9-11-21(27)12-10-20/h2-4,7-14,17-18H,5-6,15-16H2,1H3,(H,28,32)(H,29,31). The van der Waals surface area contributed by atoms with Gasteiger partial charge in [-0.3, -0.25) is 9.59 Å². The van der Waals surface area contributed by atoms with Gasteiger partial charge < -0.3 is 15.5 Å². The van der Waals surface area contributed by atoms with Crippen molar-refractivity contribution >= 4 is 39.1 Å². The molecule has 0 radical (unpaired) electrons. The van der Waals surface area contributed by atoms with Crippen molar-refractivity contribution in [3.8, 4) is 0 Å². The van der Waals surface area contributed by atoms with Gasteiger partial charge in [0.05, 0.1) is 11.6 Å². The highest BCUT2D eigenvalue weighted by Gasteiger charge is 2.22. The molecular formula is C26H26BrN3O2. The van der Waals surface area contributed by atoms with Gasteiger partial charge >= 0.3 is 0 Å². The number of halogens is 1. The van der Waals surface area contributed by atoms with Crippen molar-refractivity contribution in [1.82, 2.24) is 5.32 Å². The number of amides is 2. The second kappa shape index (κ2) is 10.0. The monoisotopic (exact) mass is 491 g/mol. The lowest BCUT2D eigenvalue weighted by atomic mass is 10.1. The molecule has 1 saturated heterocycles. The second-order valence-corrected chi connectivity index (χ2v) is 8.91. The van der Waals surface area contributed by atoms with Crippen LogP contribution in [0.2, 0.25) is 0 Å². The molecule has 2 amide bonds. The van der Waals surface area contributed by atoms with E-state index in [1.807, 2.05) is 61.5 Å². The lowest BCUT2D eigenvalue weighted by molar-refractivity contribution is 0.0939. The van der Waals surface area contributed by atoms with E-state index in [-0.39, 0.29) is 17.9 Å². The first-order valence-electron chi connectivity index (χ1n) is 10.8. The number of carbonyl (C=O) groups is 2. The molecule has 2 N–H and O–H groups in total. The molecule has 5 nitrogen and oxygen atoms in total. The Hall–Kier alpha value is -3.12. The fourth-order valence-electron chi connectivity index (χ4n) is 3.93. The Kier molecular flexibility index (Phi) is 6.90. The van der Waals surface area contributed by atoms with Crippen molar-refractivity contribution in [1.29, 1.82) is 0 Å². The fraction of sp³-hybridized carbons (Fsp3) is 0.231. The molecule has 3 aromatic carbocycles. The van der Waals surface area contributed by atoms with Crippen LogP contribution < -0.4 is 15.5 Å². The van der Waals surface area contributed by atoms with Crippen molar-refractivity contribution in [2.45, 2.75) is 25.8 Å². The summed E-state index contributed by atoms with van der Waals surface area (Å²) in [6.45, 7) is 3.83. The highest BCUT2D eigenvalue weighted by atomic mass is 79.9. The molecule has 0 spiro atoms. The number of nitrogens with zero attached hydrogens (tertiary/aromatic N) is 1. The Bertz CT molecular complexity index is 1090. The highest BCUT2D eigenvalue weighted by Crippen LogP contribution is 2.28. The average molecular weight is 492 g/mol. The molecule has 0 aliphatic carbocycles. The first-order chi connectivity index (χ1) is 15.5. The number of rotatable bonds is 6. The predicted molar refractivity (Wildman–Crippen MR) is 132 cm³/mol. The zero-order valence-electron chi connectivity index (χ0n) is 18.0. The van der Waals surface area contributed by atoms with Crippen LogP contribution in [0.4, 0.5) is 11.4 Å². The summed E-state index contributed by atoms with van der Waals surface area (Å²) in [7, 11) is 0. The van der Waals surface area contributed by atoms with E-state index in [9.17, 15) is 9.59 Å². The van der Waals surface area contributed by atoms with E-state index in [0.717, 1.165) is 41.7 Å². The number of benzene rings is 3. The van der Waals surface area contributed by atoms with Gasteiger partial charge in [0, 0.05) is 34.5 Å². The first kappa shape index (κ1) is 22.1. The van der Waals surface area contributed by atoms with Crippen LogP contribution in [0.3, 0.4) is 0 Å². The number of hydrogen-bond donors (Lipinski definition) is 2. The van der Waals surface area contributed by atoms with E-state index in [4.69, 9.17) is 0 Å². The molecule has 6 heteroatoms. The number of hydrogen-bond acceptors (Lipinski definition) is 3. The van der Waals surface area contributed by atoms with Crippen molar-refractivity contribution < 1.29 is 9.59 Å². The molecule has 3 aromatic rings. The third-order valence-electron chi connectivity index (χ3n) is 5.70. The van der Waals surface area contributed by atoms with Gasteiger partial charge in [0.15, 0.2) is 0 Å². The van der Waals surface area contributed by atoms with Crippen LogP contribution in [0.15, 0.2) is 77.3 Å². The first-order valence-corrected chi connectivity index (χ1v) is 11.6. The molecule has 1 atom stereocenters.